The summed E-state index contributed by atoms with van der Waals surface area (Å²) in [6.45, 7) is 6.53. The van der Waals surface area contributed by atoms with Gasteiger partial charge in [-0.25, -0.2) is 0 Å². The molecule has 0 unspecified atom stereocenters. The molecule has 0 saturated heterocycles. The highest BCUT2D eigenvalue weighted by Gasteiger charge is 2.60. The number of allylic oxidation sites excluding steroid dienone is 2. The smallest absolute Gasteiger partial charge is 0.177 e. The first kappa shape index (κ1) is 10.9. The number of Topliss-reactive ketones (excluding diaryl/α,β-unsaturated/α-hetero) is 1. The predicted octanol–water partition coefficient (Wildman–Crippen LogP) is 4.01. The zero-order valence-electron chi connectivity index (χ0n) is 8.66. The van der Waals surface area contributed by atoms with Gasteiger partial charge in [-0.05, 0) is 40.1 Å². The van der Waals surface area contributed by atoms with Crippen molar-refractivity contribution in [3.05, 3.63) is 8.96 Å². The summed E-state index contributed by atoms with van der Waals surface area (Å²) in [6, 6.07) is 0. The van der Waals surface area contributed by atoms with Crippen LogP contribution in [0.15, 0.2) is 8.96 Å². The van der Waals surface area contributed by atoms with Gasteiger partial charge in [0.1, 0.15) is 0 Å². The van der Waals surface area contributed by atoms with E-state index >= 15 is 0 Å². The van der Waals surface area contributed by atoms with Crippen LogP contribution in [0.3, 0.4) is 0 Å². The van der Waals surface area contributed by atoms with Gasteiger partial charge in [0.25, 0.3) is 0 Å². The molecule has 0 radical (unpaired) electrons. The summed E-state index contributed by atoms with van der Waals surface area (Å²) in [5, 5.41) is 0. The third kappa shape index (κ3) is 1.03. The molecule has 2 rings (SSSR count). The van der Waals surface area contributed by atoms with Crippen LogP contribution in [0.2, 0.25) is 0 Å². The SMILES string of the molecule is CC1(C)[C@H]2CC[C@@]1(C)C(=O)C(Br)=C2Br. The molecule has 0 spiro atoms. The van der Waals surface area contributed by atoms with Gasteiger partial charge in [-0.1, -0.05) is 36.7 Å². The molecule has 2 bridgehead atoms. The van der Waals surface area contributed by atoms with Crippen LogP contribution in [0.5, 0.6) is 0 Å². The van der Waals surface area contributed by atoms with Gasteiger partial charge in [0, 0.05) is 9.90 Å². The third-order valence-electron chi connectivity index (χ3n) is 4.44. The predicted molar refractivity (Wildman–Crippen MR) is 64.5 cm³/mol. The number of rotatable bonds is 0. The fourth-order valence-electron chi connectivity index (χ4n) is 2.85. The Kier molecular flexibility index (Phi) is 2.29. The number of carbonyl (C=O) groups is 1. The second kappa shape index (κ2) is 2.94. The second-order valence-electron chi connectivity index (χ2n) is 5.14. The molecule has 2 aliphatic rings. The molecule has 1 fully saturated rings. The first-order chi connectivity index (χ1) is 6.32. The van der Waals surface area contributed by atoms with Gasteiger partial charge in [-0.15, -0.1) is 0 Å². The van der Waals surface area contributed by atoms with Crippen LogP contribution in [0.25, 0.3) is 0 Å². The fraction of sp³-hybridized carbons (Fsp3) is 0.727. The standard InChI is InChI=1S/C11H14Br2O/c1-10(2)6-4-5-11(10,3)9(14)8(13)7(6)12/h6H,4-5H2,1-3H3/t6-,11-/m0/s1. The van der Waals surface area contributed by atoms with Crippen molar-refractivity contribution < 1.29 is 4.79 Å². The molecule has 0 aromatic heterocycles. The highest BCUT2D eigenvalue weighted by molar-refractivity contribution is 9.14. The van der Waals surface area contributed by atoms with Crippen molar-refractivity contribution in [2.75, 3.05) is 0 Å². The van der Waals surface area contributed by atoms with Crippen molar-refractivity contribution in [3.63, 3.8) is 0 Å². The summed E-state index contributed by atoms with van der Waals surface area (Å²) in [4.78, 5) is 12.2. The van der Waals surface area contributed by atoms with Crippen LogP contribution >= 0.6 is 31.9 Å². The first-order valence-corrected chi connectivity index (χ1v) is 6.51. The number of hydrogen-bond donors (Lipinski definition) is 0. The largest absolute Gasteiger partial charge is 0.293 e. The molecule has 0 aromatic rings. The van der Waals surface area contributed by atoms with E-state index in [2.05, 4.69) is 52.6 Å². The van der Waals surface area contributed by atoms with Crippen LogP contribution < -0.4 is 0 Å². The van der Waals surface area contributed by atoms with Gasteiger partial charge in [0.05, 0.1) is 4.48 Å². The van der Waals surface area contributed by atoms with Crippen molar-refractivity contribution in [1.29, 1.82) is 0 Å². The van der Waals surface area contributed by atoms with Gasteiger partial charge >= 0.3 is 0 Å². The Balaban J connectivity index is 2.64. The highest BCUT2D eigenvalue weighted by Crippen LogP contribution is 2.64. The summed E-state index contributed by atoms with van der Waals surface area (Å²) < 4.78 is 1.84. The van der Waals surface area contributed by atoms with E-state index in [4.69, 9.17) is 0 Å². The molecule has 1 nitrogen and oxygen atoms in total. The zero-order chi connectivity index (χ0) is 10.7. The van der Waals surface area contributed by atoms with Crippen molar-refractivity contribution in [2.45, 2.75) is 33.6 Å². The summed E-state index contributed by atoms with van der Waals surface area (Å²) >= 11 is 6.97. The highest BCUT2D eigenvalue weighted by atomic mass is 79.9. The summed E-state index contributed by atoms with van der Waals surface area (Å²) in [5.74, 6) is 0.766. The summed E-state index contributed by atoms with van der Waals surface area (Å²) in [7, 11) is 0. The molecular weight excluding hydrogens is 308 g/mol. The van der Waals surface area contributed by atoms with Crippen LogP contribution in [-0.4, -0.2) is 5.78 Å². The number of carbonyl (C=O) groups excluding carboxylic acids is 1. The molecule has 3 heteroatoms. The lowest BCUT2D eigenvalue weighted by molar-refractivity contribution is -0.129. The molecule has 14 heavy (non-hydrogen) atoms. The lowest BCUT2D eigenvalue weighted by Gasteiger charge is -2.44. The van der Waals surface area contributed by atoms with E-state index in [1.165, 1.54) is 0 Å². The van der Waals surface area contributed by atoms with E-state index in [-0.39, 0.29) is 16.6 Å². The molecule has 0 aliphatic heterocycles. The van der Waals surface area contributed by atoms with Crippen molar-refractivity contribution in [2.24, 2.45) is 16.7 Å². The molecule has 0 aromatic carbocycles. The van der Waals surface area contributed by atoms with E-state index in [1.807, 2.05) is 0 Å². The minimum atomic E-state index is -0.173. The molecule has 0 heterocycles. The number of ketones is 1. The average Bonchev–Trinajstić information content (AvgIpc) is 2.30. The van der Waals surface area contributed by atoms with E-state index in [0.717, 1.165) is 21.8 Å². The van der Waals surface area contributed by atoms with Gasteiger partial charge in [-0.3, -0.25) is 4.79 Å². The van der Waals surface area contributed by atoms with Gasteiger partial charge in [-0.2, -0.15) is 0 Å². The number of hydrogen-bond acceptors (Lipinski definition) is 1. The van der Waals surface area contributed by atoms with Crippen LogP contribution in [0.1, 0.15) is 33.6 Å². The van der Waals surface area contributed by atoms with Crippen molar-refractivity contribution >= 4 is 37.6 Å². The third-order valence-corrected chi connectivity index (χ3v) is 6.71. The molecular formula is C11H14Br2O. The van der Waals surface area contributed by atoms with E-state index < -0.39 is 0 Å². The fourth-order valence-corrected chi connectivity index (χ4v) is 4.55. The van der Waals surface area contributed by atoms with Crippen LogP contribution in [0.4, 0.5) is 0 Å². The Morgan fingerprint density at radius 3 is 2.43 bits per heavy atom. The minimum Gasteiger partial charge on any atom is -0.293 e. The maximum atomic E-state index is 12.2. The summed E-state index contributed by atoms with van der Waals surface area (Å²) in [6.07, 6.45) is 2.12. The van der Waals surface area contributed by atoms with E-state index in [1.54, 1.807) is 0 Å². The second-order valence-corrected chi connectivity index (χ2v) is 6.78. The van der Waals surface area contributed by atoms with Gasteiger partial charge < -0.3 is 0 Å². The number of fused-ring (bicyclic) bond motifs is 2. The van der Waals surface area contributed by atoms with E-state index in [9.17, 15) is 4.79 Å². The summed E-state index contributed by atoms with van der Waals surface area (Å²) in [5.41, 5.74) is -0.0893. The lowest BCUT2D eigenvalue weighted by Crippen LogP contribution is -2.44. The topological polar surface area (TPSA) is 17.1 Å². The average molecular weight is 322 g/mol. The van der Waals surface area contributed by atoms with Crippen LogP contribution in [0, 0.1) is 16.7 Å². The Morgan fingerprint density at radius 1 is 1.29 bits per heavy atom. The van der Waals surface area contributed by atoms with Crippen molar-refractivity contribution in [1.82, 2.24) is 0 Å². The molecule has 0 N–H and O–H groups in total. The molecule has 1 saturated carbocycles. The van der Waals surface area contributed by atoms with Gasteiger partial charge in [0.2, 0.25) is 0 Å². The maximum absolute atomic E-state index is 12.2. The molecule has 2 aliphatic carbocycles. The molecule has 78 valence electrons. The maximum Gasteiger partial charge on any atom is 0.177 e. The Labute approximate surface area is 102 Å². The Morgan fingerprint density at radius 2 is 1.86 bits per heavy atom. The Hall–Kier alpha value is 0.370. The Bertz CT molecular complexity index is 343. The quantitative estimate of drug-likeness (QED) is 0.658. The monoisotopic (exact) mass is 320 g/mol. The first-order valence-electron chi connectivity index (χ1n) is 4.92. The minimum absolute atomic E-state index is 0.0835. The molecule has 0 amide bonds. The zero-order valence-corrected chi connectivity index (χ0v) is 11.8. The van der Waals surface area contributed by atoms with Gasteiger partial charge in [0.15, 0.2) is 5.78 Å². The van der Waals surface area contributed by atoms with Crippen molar-refractivity contribution in [3.8, 4) is 0 Å². The lowest BCUT2D eigenvalue weighted by atomic mass is 9.61. The normalized spacial score (nSPS) is 40.6. The number of halogens is 2. The molecule has 2 atom stereocenters. The van der Waals surface area contributed by atoms with E-state index in [0.29, 0.717) is 5.92 Å². The van der Waals surface area contributed by atoms with Crippen LogP contribution in [-0.2, 0) is 4.79 Å².